The zero-order valence-corrected chi connectivity index (χ0v) is 17.8. The van der Waals surface area contributed by atoms with Gasteiger partial charge in [0.15, 0.2) is 0 Å². The maximum absolute atomic E-state index is 11.2. The molecule has 0 atom stereocenters. The molecule has 0 aliphatic heterocycles. The summed E-state index contributed by atoms with van der Waals surface area (Å²) in [5.41, 5.74) is 5.07. The van der Waals surface area contributed by atoms with Gasteiger partial charge in [0.2, 0.25) is 0 Å². The molecule has 27 heavy (non-hydrogen) atoms. The summed E-state index contributed by atoms with van der Waals surface area (Å²) in [5, 5.41) is 0. The number of hydrogen-bond donors (Lipinski definition) is 1. The molecule has 158 valence electrons. The first kappa shape index (κ1) is 27.8. The summed E-state index contributed by atoms with van der Waals surface area (Å²) >= 11 is 0. The second-order valence-corrected chi connectivity index (χ2v) is 6.79. The molecule has 4 nitrogen and oxygen atoms in total. The molecule has 0 aromatic rings. The van der Waals surface area contributed by atoms with E-state index < -0.39 is 11.9 Å². The second-order valence-electron chi connectivity index (χ2n) is 6.79. The summed E-state index contributed by atoms with van der Waals surface area (Å²) in [6.45, 7) is 7.26. The Morgan fingerprint density at radius 3 is 1.74 bits per heavy atom. The number of rotatable bonds is 16. The van der Waals surface area contributed by atoms with Crippen LogP contribution in [0.3, 0.4) is 0 Å². The van der Waals surface area contributed by atoms with Crippen molar-refractivity contribution in [3.63, 3.8) is 0 Å². The Morgan fingerprint density at radius 2 is 1.26 bits per heavy atom. The predicted octanol–water partition coefficient (Wildman–Crippen LogP) is 6.24. The Balaban J connectivity index is 0. The zero-order valence-electron chi connectivity index (χ0n) is 17.8. The van der Waals surface area contributed by atoms with E-state index in [1.807, 2.05) is 6.92 Å². The molecule has 0 amide bonds. The van der Waals surface area contributed by atoms with Crippen LogP contribution in [0.2, 0.25) is 0 Å². The Labute approximate surface area is 167 Å². The first-order valence-electron chi connectivity index (χ1n) is 10.8. The second kappa shape index (κ2) is 24.6. The van der Waals surface area contributed by atoms with Crippen molar-refractivity contribution in [3.05, 3.63) is 24.8 Å². The van der Waals surface area contributed by atoms with Gasteiger partial charge in [0.25, 0.3) is 0 Å². The van der Waals surface area contributed by atoms with Crippen LogP contribution in [0, 0.1) is 0 Å². The number of carbonyl (C=O) groups excluding carboxylic acids is 2. The number of unbranched alkanes of at least 4 members (excludes halogenated alkanes) is 11. The van der Waals surface area contributed by atoms with Crippen molar-refractivity contribution in [1.29, 1.82) is 0 Å². The van der Waals surface area contributed by atoms with Crippen LogP contribution in [0.5, 0.6) is 0 Å². The molecule has 0 rings (SSSR count). The number of hydrogen-bond acceptors (Lipinski definition) is 4. The fraction of sp³-hybridized carbons (Fsp3) is 0.739. The van der Waals surface area contributed by atoms with E-state index in [1.165, 1.54) is 57.8 Å². The van der Waals surface area contributed by atoms with Crippen molar-refractivity contribution in [1.82, 2.24) is 0 Å². The van der Waals surface area contributed by atoms with Crippen LogP contribution >= 0.6 is 0 Å². The van der Waals surface area contributed by atoms with E-state index in [9.17, 15) is 9.59 Å². The standard InChI is InChI=1S/C20H37NO3.C3H6/c1-2-3-4-5-6-7-8-9-10-11-12-13-14-15-16-17-19(22)24-20(23)18-21;1-3-2/h9-10H,2-8,11-18,21H2,1H3;3H,1H2,2H3. The topological polar surface area (TPSA) is 69.4 Å². The van der Waals surface area contributed by atoms with Gasteiger partial charge in [-0.3, -0.25) is 9.59 Å². The molecule has 0 bridgehead atoms. The van der Waals surface area contributed by atoms with E-state index in [-0.39, 0.29) is 6.54 Å². The average Bonchev–Trinajstić information content (AvgIpc) is 2.65. The van der Waals surface area contributed by atoms with Gasteiger partial charge in [-0.2, -0.15) is 0 Å². The highest BCUT2D eigenvalue weighted by molar-refractivity contribution is 5.86. The van der Waals surface area contributed by atoms with E-state index >= 15 is 0 Å². The van der Waals surface area contributed by atoms with E-state index in [4.69, 9.17) is 5.73 Å². The highest BCUT2D eigenvalue weighted by Crippen LogP contribution is 2.10. The summed E-state index contributed by atoms with van der Waals surface area (Å²) in [6, 6.07) is 0. The van der Waals surface area contributed by atoms with Gasteiger partial charge in [0.05, 0.1) is 6.54 Å². The SMILES string of the molecule is C=CC.CCCCCCCCC=CCCCCCCCC(=O)OC(=O)CN. The minimum atomic E-state index is -0.646. The molecule has 0 fully saturated rings. The molecule has 2 N–H and O–H groups in total. The summed E-state index contributed by atoms with van der Waals surface area (Å²) in [4.78, 5) is 22.0. The molecule has 0 heterocycles. The van der Waals surface area contributed by atoms with Crippen molar-refractivity contribution in [2.24, 2.45) is 5.73 Å². The van der Waals surface area contributed by atoms with Crippen LogP contribution < -0.4 is 5.73 Å². The Kier molecular flexibility index (Phi) is 25.3. The predicted molar refractivity (Wildman–Crippen MR) is 115 cm³/mol. The Bertz CT molecular complexity index is 378. The largest absolute Gasteiger partial charge is 0.392 e. The highest BCUT2D eigenvalue weighted by atomic mass is 16.6. The molecule has 0 saturated heterocycles. The fourth-order valence-corrected chi connectivity index (χ4v) is 2.56. The summed E-state index contributed by atoms with van der Waals surface area (Å²) in [7, 11) is 0. The molecule has 0 unspecified atom stereocenters. The fourth-order valence-electron chi connectivity index (χ4n) is 2.56. The first-order valence-corrected chi connectivity index (χ1v) is 10.8. The van der Waals surface area contributed by atoms with Gasteiger partial charge in [0, 0.05) is 6.42 Å². The maximum atomic E-state index is 11.2. The van der Waals surface area contributed by atoms with Crippen LogP contribution in [0.1, 0.15) is 104 Å². The van der Waals surface area contributed by atoms with E-state index in [2.05, 4.69) is 30.4 Å². The van der Waals surface area contributed by atoms with E-state index in [1.54, 1.807) is 6.08 Å². The van der Waals surface area contributed by atoms with Gasteiger partial charge in [-0.15, -0.1) is 6.58 Å². The molecule has 0 spiro atoms. The lowest BCUT2D eigenvalue weighted by molar-refractivity contribution is -0.158. The number of allylic oxidation sites excluding steroid dienone is 3. The van der Waals surface area contributed by atoms with Gasteiger partial charge >= 0.3 is 11.9 Å². The molecule has 0 aromatic carbocycles. The third-order valence-electron chi connectivity index (χ3n) is 4.04. The number of ether oxygens (including phenoxy) is 1. The zero-order chi connectivity index (χ0) is 20.6. The number of esters is 2. The van der Waals surface area contributed by atoms with Crippen molar-refractivity contribution in [2.75, 3.05) is 6.54 Å². The van der Waals surface area contributed by atoms with Crippen LogP contribution in [-0.4, -0.2) is 18.5 Å². The van der Waals surface area contributed by atoms with E-state index in [0.29, 0.717) is 6.42 Å². The van der Waals surface area contributed by atoms with Gasteiger partial charge < -0.3 is 10.5 Å². The van der Waals surface area contributed by atoms with Gasteiger partial charge in [-0.1, -0.05) is 76.5 Å². The third-order valence-corrected chi connectivity index (χ3v) is 4.04. The molecule has 0 aromatic heterocycles. The molecule has 0 aliphatic carbocycles. The van der Waals surface area contributed by atoms with Gasteiger partial charge in [-0.05, 0) is 39.0 Å². The van der Waals surface area contributed by atoms with Crippen molar-refractivity contribution < 1.29 is 14.3 Å². The Hall–Kier alpha value is -1.42. The summed E-state index contributed by atoms with van der Waals surface area (Å²) < 4.78 is 4.51. The minimum absolute atomic E-state index is 0.238. The first-order chi connectivity index (χ1) is 13.1. The summed E-state index contributed by atoms with van der Waals surface area (Å²) in [5.74, 6) is -1.10. The van der Waals surface area contributed by atoms with Gasteiger partial charge in [-0.25, -0.2) is 0 Å². The number of carbonyl (C=O) groups is 2. The lowest BCUT2D eigenvalue weighted by atomic mass is 10.1. The minimum Gasteiger partial charge on any atom is -0.392 e. The van der Waals surface area contributed by atoms with Crippen molar-refractivity contribution >= 4 is 11.9 Å². The van der Waals surface area contributed by atoms with Crippen LogP contribution in [-0.2, 0) is 14.3 Å². The van der Waals surface area contributed by atoms with Crippen LogP contribution in [0.4, 0.5) is 0 Å². The summed E-state index contributed by atoms with van der Waals surface area (Å²) in [6.07, 6.45) is 22.5. The van der Waals surface area contributed by atoms with Gasteiger partial charge in [0.1, 0.15) is 0 Å². The lowest BCUT2D eigenvalue weighted by Crippen LogP contribution is -2.20. The molecule has 4 heteroatoms. The molecule has 0 saturated carbocycles. The monoisotopic (exact) mass is 381 g/mol. The smallest absolute Gasteiger partial charge is 0.327 e. The molecular weight excluding hydrogens is 338 g/mol. The normalized spacial score (nSPS) is 10.3. The quantitative estimate of drug-likeness (QED) is 0.149. The average molecular weight is 382 g/mol. The lowest BCUT2D eigenvalue weighted by Gasteiger charge is -2.01. The maximum Gasteiger partial charge on any atom is 0.327 e. The van der Waals surface area contributed by atoms with Crippen LogP contribution in [0.15, 0.2) is 24.8 Å². The molecule has 0 radical (unpaired) electrons. The molecule has 0 aliphatic rings. The Morgan fingerprint density at radius 1 is 0.815 bits per heavy atom. The van der Waals surface area contributed by atoms with E-state index in [0.717, 1.165) is 25.7 Å². The number of nitrogens with two attached hydrogens (primary N) is 1. The molecular formula is C23H43NO3. The van der Waals surface area contributed by atoms with Crippen molar-refractivity contribution in [2.45, 2.75) is 104 Å². The highest BCUT2D eigenvalue weighted by Gasteiger charge is 2.07. The van der Waals surface area contributed by atoms with Crippen molar-refractivity contribution in [3.8, 4) is 0 Å². The third kappa shape index (κ3) is 26.9. The van der Waals surface area contributed by atoms with Crippen LogP contribution in [0.25, 0.3) is 0 Å².